The molecular weight excluding hydrogens is 258 g/mol. The number of carboxylic acids is 1. The SMILES string of the molecule is CC(N)c1nnnn1-c1ccc(Cl)c(C(=O)O)c1. The second-order valence-corrected chi connectivity index (χ2v) is 4.11. The molecule has 2 aromatic rings. The summed E-state index contributed by atoms with van der Waals surface area (Å²) in [5, 5.41) is 20.2. The Kier molecular flexibility index (Phi) is 3.26. The quantitative estimate of drug-likeness (QED) is 0.860. The molecule has 1 aromatic heterocycles. The number of aromatic carboxylic acids is 1. The van der Waals surface area contributed by atoms with Crippen LogP contribution in [0.25, 0.3) is 5.69 Å². The minimum absolute atomic E-state index is 0.0136. The molecule has 1 unspecified atom stereocenters. The topological polar surface area (TPSA) is 107 Å². The molecule has 0 spiro atoms. The molecule has 0 fully saturated rings. The van der Waals surface area contributed by atoms with Crippen molar-refractivity contribution in [3.05, 3.63) is 34.6 Å². The first-order valence-electron chi connectivity index (χ1n) is 5.07. The molecule has 0 saturated heterocycles. The van der Waals surface area contributed by atoms with E-state index in [1.165, 1.54) is 16.8 Å². The van der Waals surface area contributed by atoms with Crippen LogP contribution in [0.4, 0.5) is 0 Å². The van der Waals surface area contributed by atoms with Gasteiger partial charge in [0, 0.05) is 0 Å². The van der Waals surface area contributed by atoms with Gasteiger partial charge >= 0.3 is 5.97 Å². The van der Waals surface area contributed by atoms with Gasteiger partial charge in [-0.3, -0.25) is 0 Å². The maximum absolute atomic E-state index is 11.0. The summed E-state index contributed by atoms with van der Waals surface area (Å²) in [4.78, 5) is 11.0. The fourth-order valence-corrected chi connectivity index (χ4v) is 1.67. The lowest BCUT2D eigenvalue weighted by Gasteiger charge is -2.08. The van der Waals surface area contributed by atoms with Crippen LogP contribution in [0.3, 0.4) is 0 Å². The van der Waals surface area contributed by atoms with Crippen molar-refractivity contribution >= 4 is 17.6 Å². The fourth-order valence-electron chi connectivity index (χ4n) is 1.47. The number of carboxylic acid groups (broad SMARTS) is 1. The minimum Gasteiger partial charge on any atom is -0.478 e. The monoisotopic (exact) mass is 267 g/mol. The van der Waals surface area contributed by atoms with Gasteiger partial charge in [0.25, 0.3) is 0 Å². The summed E-state index contributed by atoms with van der Waals surface area (Å²) >= 11 is 5.79. The van der Waals surface area contributed by atoms with Crippen molar-refractivity contribution in [2.45, 2.75) is 13.0 Å². The van der Waals surface area contributed by atoms with E-state index in [0.717, 1.165) is 0 Å². The van der Waals surface area contributed by atoms with E-state index >= 15 is 0 Å². The number of nitrogens with zero attached hydrogens (tertiary/aromatic N) is 4. The summed E-state index contributed by atoms with van der Waals surface area (Å²) < 4.78 is 1.38. The summed E-state index contributed by atoms with van der Waals surface area (Å²) in [5.74, 6) is -0.675. The third-order valence-corrected chi connectivity index (χ3v) is 2.66. The lowest BCUT2D eigenvalue weighted by atomic mass is 10.2. The smallest absolute Gasteiger partial charge is 0.337 e. The Morgan fingerprint density at radius 3 is 2.89 bits per heavy atom. The Hall–Kier alpha value is -1.99. The first kappa shape index (κ1) is 12.5. The third-order valence-electron chi connectivity index (χ3n) is 2.33. The molecule has 0 aliphatic rings. The number of tetrazole rings is 1. The number of hydrogen-bond acceptors (Lipinski definition) is 5. The van der Waals surface area contributed by atoms with Crippen LogP contribution in [0.15, 0.2) is 18.2 Å². The van der Waals surface area contributed by atoms with E-state index in [4.69, 9.17) is 22.4 Å². The lowest BCUT2D eigenvalue weighted by Crippen LogP contribution is -2.13. The van der Waals surface area contributed by atoms with Gasteiger partial charge in [-0.25, -0.2) is 4.79 Å². The normalized spacial score (nSPS) is 12.4. The van der Waals surface area contributed by atoms with Gasteiger partial charge in [-0.2, -0.15) is 4.68 Å². The maximum atomic E-state index is 11.0. The number of aromatic nitrogens is 4. The lowest BCUT2D eigenvalue weighted by molar-refractivity contribution is 0.0697. The van der Waals surface area contributed by atoms with Crippen molar-refractivity contribution in [1.82, 2.24) is 20.2 Å². The second kappa shape index (κ2) is 4.71. The third kappa shape index (κ3) is 2.18. The van der Waals surface area contributed by atoms with Gasteiger partial charge in [-0.1, -0.05) is 11.6 Å². The van der Waals surface area contributed by atoms with Crippen LogP contribution in [0.5, 0.6) is 0 Å². The highest BCUT2D eigenvalue weighted by Gasteiger charge is 2.15. The zero-order valence-corrected chi connectivity index (χ0v) is 10.2. The molecule has 0 bridgehead atoms. The first-order chi connectivity index (χ1) is 8.50. The Balaban J connectivity index is 2.54. The Morgan fingerprint density at radius 2 is 2.28 bits per heavy atom. The molecule has 0 saturated carbocycles. The van der Waals surface area contributed by atoms with E-state index in [9.17, 15) is 4.79 Å². The van der Waals surface area contributed by atoms with Gasteiger partial charge in [0.15, 0.2) is 5.82 Å². The van der Waals surface area contributed by atoms with Gasteiger partial charge in [0.05, 0.1) is 22.3 Å². The number of nitrogens with two attached hydrogens (primary N) is 1. The number of hydrogen-bond donors (Lipinski definition) is 2. The summed E-state index contributed by atoms with van der Waals surface area (Å²) in [5.41, 5.74) is 6.20. The molecule has 1 atom stereocenters. The van der Waals surface area contributed by atoms with Gasteiger partial charge in [-0.15, -0.1) is 5.10 Å². The zero-order valence-electron chi connectivity index (χ0n) is 9.41. The molecule has 1 aromatic carbocycles. The average molecular weight is 268 g/mol. The van der Waals surface area contributed by atoms with Crippen molar-refractivity contribution in [1.29, 1.82) is 0 Å². The average Bonchev–Trinajstić information content (AvgIpc) is 2.78. The largest absolute Gasteiger partial charge is 0.478 e. The van der Waals surface area contributed by atoms with Gasteiger partial charge < -0.3 is 10.8 Å². The minimum atomic E-state index is -1.11. The molecule has 3 N–H and O–H groups in total. The molecule has 18 heavy (non-hydrogen) atoms. The van der Waals surface area contributed by atoms with Crippen molar-refractivity contribution in [2.24, 2.45) is 5.73 Å². The molecule has 7 nitrogen and oxygen atoms in total. The highest BCUT2D eigenvalue weighted by atomic mass is 35.5. The van der Waals surface area contributed by atoms with Crippen LogP contribution in [0, 0.1) is 0 Å². The first-order valence-corrected chi connectivity index (χ1v) is 5.45. The van der Waals surface area contributed by atoms with Crippen LogP contribution in [-0.4, -0.2) is 31.3 Å². The van der Waals surface area contributed by atoms with Gasteiger partial charge in [0.1, 0.15) is 0 Å². The van der Waals surface area contributed by atoms with Crippen LogP contribution in [0.1, 0.15) is 29.1 Å². The van der Waals surface area contributed by atoms with Gasteiger partial charge in [0.2, 0.25) is 0 Å². The molecule has 1 heterocycles. The number of carbonyl (C=O) groups is 1. The van der Waals surface area contributed by atoms with Crippen LogP contribution >= 0.6 is 11.6 Å². The molecule has 0 aliphatic carbocycles. The van der Waals surface area contributed by atoms with Crippen molar-refractivity contribution in [3.63, 3.8) is 0 Å². The number of benzene rings is 1. The summed E-state index contributed by atoms with van der Waals surface area (Å²) in [6.07, 6.45) is 0. The number of halogens is 1. The van der Waals surface area contributed by atoms with E-state index in [1.54, 1.807) is 13.0 Å². The summed E-state index contributed by atoms with van der Waals surface area (Å²) in [7, 11) is 0. The molecule has 0 radical (unpaired) electrons. The van der Waals surface area contributed by atoms with E-state index in [1.807, 2.05) is 0 Å². The maximum Gasteiger partial charge on any atom is 0.337 e. The van der Waals surface area contributed by atoms with E-state index in [0.29, 0.717) is 11.5 Å². The second-order valence-electron chi connectivity index (χ2n) is 3.71. The van der Waals surface area contributed by atoms with Crippen LogP contribution in [-0.2, 0) is 0 Å². The van der Waals surface area contributed by atoms with E-state index in [-0.39, 0.29) is 16.6 Å². The van der Waals surface area contributed by atoms with Crippen LogP contribution < -0.4 is 5.73 Å². The predicted molar refractivity (Wildman–Crippen MR) is 63.7 cm³/mol. The van der Waals surface area contributed by atoms with Crippen molar-refractivity contribution in [3.8, 4) is 5.69 Å². The van der Waals surface area contributed by atoms with Crippen molar-refractivity contribution in [2.75, 3.05) is 0 Å². The molecule has 94 valence electrons. The standard InChI is InChI=1S/C10H10ClN5O2/c1-5(12)9-13-14-15-16(9)6-2-3-8(11)7(4-6)10(17)18/h2-5H,12H2,1H3,(H,17,18). The Morgan fingerprint density at radius 1 is 1.56 bits per heavy atom. The van der Waals surface area contributed by atoms with Crippen LogP contribution in [0.2, 0.25) is 5.02 Å². The Bertz CT molecular complexity index is 596. The van der Waals surface area contributed by atoms with E-state index in [2.05, 4.69) is 15.5 Å². The fraction of sp³-hybridized carbons (Fsp3) is 0.200. The summed E-state index contributed by atoms with van der Waals surface area (Å²) in [6.45, 7) is 1.73. The van der Waals surface area contributed by atoms with E-state index < -0.39 is 5.97 Å². The molecule has 2 rings (SSSR count). The molecular formula is C10H10ClN5O2. The highest BCUT2D eigenvalue weighted by Crippen LogP contribution is 2.21. The number of rotatable bonds is 3. The Labute approximate surface area is 107 Å². The predicted octanol–water partition coefficient (Wildman–Crippen LogP) is 1.03. The molecule has 0 aliphatic heterocycles. The zero-order chi connectivity index (χ0) is 13.3. The van der Waals surface area contributed by atoms with Gasteiger partial charge in [-0.05, 0) is 35.5 Å². The highest BCUT2D eigenvalue weighted by molar-refractivity contribution is 6.33. The van der Waals surface area contributed by atoms with Crippen molar-refractivity contribution < 1.29 is 9.90 Å². The summed E-state index contributed by atoms with van der Waals surface area (Å²) in [6, 6.07) is 4.13. The molecule has 0 amide bonds. The molecule has 8 heteroatoms.